The van der Waals surface area contributed by atoms with Crippen molar-refractivity contribution in [3.05, 3.63) is 36.2 Å². The van der Waals surface area contributed by atoms with Gasteiger partial charge in [-0.15, -0.1) is 10.0 Å². The third-order valence-corrected chi connectivity index (χ3v) is 5.51. The van der Waals surface area contributed by atoms with Crippen molar-refractivity contribution < 1.29 is 9.50 Å². The van der Waals surface area contributed by atoms with Crippen molar-refractivity contribution in [3.8, 4) is 0 Å². The molecule has 0 spiro atoms. The number of carbonyl (C=O) groups is 1. The van der Waals surface area contributed by atoms with Gasteiger partial charge in [-0.2, -0.15) is 0 Å². The number of hydrogen-bond donors (Lipinski definition) is 2. The smallest absolute Gasteiger partial charge is 0.301 e. The van der Waals surface area contributed by atoms with Crippen molar-refractivity contribution in [2.45, 2.75) is 19.3 Å². The number of amides is 1. The van der Waals surface area contributed by atoms with Crippen molar-refractivity contribution in [3.63, 3.8) is 0 Å². The van der Waals surface area contributed by atoms with Crippen molar-refractivity contribution in [2.24, 2.45) is 15.1 Å². The first-order chi connectivity index (χ1) is 13.7. The summed E-state index contributed by atoms with van der Waals surface area (Å²) in [6.45, 7) is 5.55. The predicted octanol–water partition coefficient (Wildman–Crippen LogP) is 1.79. The maximum atomic E-state index is 12.2. The van der Waals surface area contributed by atoms with Crippen molar-refractivity contribution >= 4 is 35.3 Å². The topological polar surface area (TPSA) is 84.7 Å². The second-order valence-electron chi connectivity index (χ2n) is 8.27. The SMILES string of the molecule is CN(C)CCN(C)[N+]12C=CN=CC1=NC(Nc1ccc3c(c1)NC(=O)C3(C)C)=N2. The summed E-state index contributed by atoms with van der Waals surface area (Å²) in [4.78, 5) is 23.2. The Balaban J connectivity index is 1.59. The van der Waals surface area contributed by atoms with E-state index in [0.717, 1.165) is 35.9 Å². The molecule has 1 atom stereocenters. The number of carbonyl (C=O) groups excluding carboxylic acids is 1. The lowest BCUT2D eigenvalue weighted by atomic mass is 9.86. The number of anilines is 2. The van der Waals surface area contributed by atoms with Crippen LogP contribution in [0.2, 0.25) is 0 Å². The summed E-state index contributed by atoms with van der Waals surface area (Å²) in [5.41, 5.74) is 2.11. The Bertz CT molecular complexity index is 975. The lowest BCUT2D eigenvalue weighted by molar-refractivity contribution is -0.913. The molecule has 0 aromatic heterocycles. The van der Waals surface area contributed by atoms with Gasteiger partial charge < -0.3 is 15.5 Å². The first-order valence-electron chi connectivity index (χ1n) is 9.61. The number of hydrogen-bond acceptors (Lipinski definition) is 7. The van der Waals surface area contributed by atoms with Gasteiger partial charge in [-0.3, -0.25) is 9.79 Å². The summed E-state index contributed by atoms with van der Waals surface area (Å²) in [5, 5.41) is 13.2. The first-order valence-corrected chi connectivity index (χ1v) is 9.61. The molecule has 1 amide bonds. The fraction of sp³-hybridized carbons (Fsp3) is 0.400. The van der Waals surface area contributed by atoms with Gasteiger partial charge in [0.1, 0.15) is 6.21 Å². The minimum absolute atomic E-state index is 0.00797. The maximum absolute atomic E-state index is 12.2. The number of quaternary nitrogens is 1. The van der Waals surface area contributed by atoms with E-state index in [9.17, 15) is 4.79 Å². The lowest BCUT2D eigenvalue weighted by Gasteiger charge is -2.32. The molecule has 0 saturated heterocycles. The number of benzene rings is 1. The van der Waals surface area contributed by atoms with Crippen LogP contribution in [0.5, 0.6) is 0 Å². The van der Waals surface area contributed by atoms with Crippen molar-refractivity contribution in [1.82, 2.24) is 9.91 Å². The number of rotatable bonds is 5. The molecule has 0 aliphatic carbocycles. The molecule has 29 heavy (non-hydrogen) atoms. The molecule has 152 valence electrons. The first kappa shape index (κ1) is 19.4. The summed E-state index contributed by atoms with van der Waals surface area (Å²) >= 11 is 0. The number of amidine groups is 1. The highest BCUT2D eigenvalue weighted by molar-refractivity contribution is 6.30. The number of aliphatic imine (C=N–C) groups is 2. The molecular weight excluding hydrogens is 368 g/mol. The third-order valence-electron chi connectivity index (χ3n) is 5.51. The summed E-state index contributed by atoms with van der Waals surface area (Å²) in [7, 11) is 6.11. The number of guanidine groups is 1. The Kier molecular flexibility index (Phi) is 4.60. The molecule has 1 aromatic rings. The van der Waals surface area contributed by atoms with E-state index in [4.69, 9.17) is 5.10 Å². The number of nitrogens with zero attached hydrogens (tertiary/aromatic N) is 6. The van der Waals surface area contributed by atoms with E-state index in [0.29, 0.717) is 5.96 Å². The van der Waals surface area contributed by atoms with Gasteiger partial charge in [0.25, 0.3) is 5.96 Å². The standard InChI is InChI=1S/C20H26N8O/c1-20(2)15-7-6-14(12-16(15)23-18(20)29)22-19-24-17-13-21-8-11-28(17,25-19)27(5)10-9-26(3)4/h6-8,11-13H,9-10H2,1-5H3,(H-,22,23,25,29)/p+1. The summed E-state index contributed by atoms with van der Waals surface area (Å²) in [6.07, 6.45) is 5.38. The molecule has 9 nitrogen and oxygen atoms in total. The zero-order valence-electron chi connectivity index (χ0n) is 17.5. The fourth-order valence-electron chi connectivity index (χ4n) is 3.58. The molecule has 2 N–H and O–H groups in total. The van der Waals surface area contributed by atoms with Crippen LogP contribution in [0.1, 0.15) is 19.4 Å². The average molecular weight is 395 g/mol. The van der Waals surface area contributed by atoms with E-state index in [-0.39, 0.29) is 10.6 Å². The zero-order valence-corrected chi connectivity index (χ0v) is 17.5. The molecule has 3 heterocycles. The van der Waals surface area contributed by atoms with Crippen LogP contribution in [0.15, 0.2) is 45.7 Å². The van der Waals surface area contributed by atoms with Gasteiger partial charge in [0.2, 0.25) is 5.91 Å². The molecule has 3 aliphatic rings. The van der Waals surface area contributed by atoms with Gasteiger partial charge in [-0.05, 0) is 55.4 Å². The average Bonchev–Trinajstić information content (AvgIpc) is 3.14. The second kappa shape index (κ2) is 6.87. The number of likely N-dealkylation sites (N-methyl/N-ethyl adjacent to an activating group) is 2. The largest absolute Gasteiger partial charge is 0.325 e. The van der Waals surface area contributed by atoms with E-state index in [2.05, 4.69) is 30.5 Å². The van der Waals surface area contributed by atoms with E-state index < -0.39 is 5.41 Å². The molecule has 9 heteroatoms. The van der Waals surface area contributed by atoms with Gasteiger partial charge in [-0.1, -0.05) is 6.07 Å². The number of nitrogens with one attached hydrogen (secondary N) is 2. The molecule has 1 unspecified atom stereocenters. The maximum Gasteiger partial charge on any atom is 0.301 e. The molecule has 0 radical (unpaired) electrons. The molecular formula is C20H27N8O+. The van der Waals surface area contributed by atoms with Gasteiger partial charge in [0, 0.05) is 25.0 Å². The normalized spacial score (nSPS) is 23.8. The molecule has 0 bridgehead atoms. The van der Waals surface area contributed by atoms with Gasteiger partial charge in [-0.25, -0.2) is 0 Å². The summed E-state index contributed by atoms with van der Waals surface area (Å²) < 4.78 is 0.147. The molecule has 3 aliphatic heterocycles. The van der Waals surface area contributed by atoms with E-state index in [1.54, 1.807) is 12.4 Å². The van der Waals surface area contributed by atoms with Crippen molar-refractivity contribution in [1.29, 1.82) is 0 Å². The van der Waals surface area contributed by atoms with E-state index in [1.807, 2.05) is 59.4 Å². The molecule has 0 saturated carbocycles. The van der Waals surface area contributed by atoms with Crippen LogP contribution in [-0.2, 0) is 10.2 Å². The lowest BCUT2D eigenvalue weighted by Crippen LogP contribution is -2.56. The predicted molar refractivity (Wildman–Crippen MR) is 116 cm³/mol. The van der Waals surface area contributed by atoms with Crippen LogP contribution < -0.4 is 10.6 Å². The van der Waals surface area contributed by atoms with E-state index in [1.165, 1.54) is 0 Å². The molecule has 0 fully saturated rings. The van der Waals surface area contributed by atoms with Crippen LogP contribution in [0, 0.1) is 0 Å². The minimum Gasteiger partial charge on any atom is -0.325 e. The van der Waals surface area contributed by atoms with Gasteiger partial charge >= 0.3 is 5.84 Å². The van der Waals surface area contributed by atoms with Crippen LogP contribution in [0.4, 0.5) is 11.4 Å². The number of fused-ring (bicyclic) bond motifs is 2. The quantitative estimate of drug-likeness (QED) is 0.745. The Morgan fingerprint density at radius 3 is 2.76 bits per heavy atom. The highest BCUT2D eigenvalue weighted by Crippen LogP contribution is 2.38. The van der Waals surface area contributed by atoms with Crippen LogP contribution in [0.25, 0.3) is 0 Å². The van der Waals surface area contributed by atoms with Crippen LogP contribution >= 0.6 is 0 Å². The Labute approximate surface area is 170 Å². The summed E-state index contributed by atoms with van der Waals surface area (Å²) in [6, 6.07) is 5.84. The second-order valence-corrected chi connectivity index (χ2v) is 8.27. The Hall–Kier alpha value is -2.88. The van der Waals surface area contributed by atoms with E-state index >= 15 is 0 Å². The third kappa shape index (κ3) is 3.27. The highest BCUT2D eigenvalue weighted by atomic mass is 16.2. The minimum atomic E-state index is -0.523. The molecule has 4 rings (SSSR count). The summed E-state index contributed by atoms with van der Waals surface area (Å²) in [5.74, 6) is 1.23. The Morgan fingerprint density at radius 1 is 1.21 bits per heavy atom. The highest BCUT2D eigenvalue weighted by Gasteiger charge is 2.45. The Morgan fingerprint density at radius 2 is 2.00 bits per heavy atom. The van der Waals surface area contributed by atoms with Crippen molar-refractivity contribution in [2.75, 3.05) is 44.9 Å². The van der Waals surface area contributed by atoms with Crippen LogP contribution in [0.3, 0.4) is 0 Å². The molecule has 1 aromatic carbocycles. The fourth-order valence-corrected chi connectivity index (χ4v) is 3.58. The van der Waals surface area contributed by atoms with Crippen LogP contribution in [-0.4, -0.2) is 72.8 Å². The zero-order chi connectivity index (χ0) is 20.8. The van der Waals surface area contributed by atoms with Gasteiger partial charge in [0.15, 0.2) is 6.20 Å². The monoisotopic (exact) mass is 395 g/mol. The van der Waals surface area contributed by atoms with Gasteiger partial charge in [0.05, 0.1) is 18.2 Å².